The maximum absolute atomic E-state index is 12.4. The van der Waals surface area contributed by atoms with Crippen molar-refractivity contribution in [1.29, 1.82) is 0 Å². The Labute approximate surface area is 104 Å². The molecular formula is C13H20O2Se. The molecule has 3 atom stereocenters. The minimum absolute atomic E-state index is 0.110. The van der Waals surface area contributed by atoms with Crippen molar-refractivity contribution in [3.8, 4) is 0 Å². The van der Waals surface area contributed by atoms with Crippen LogP contribution in [-0.2, 0) is 9.59 Å². The molecule has 0 heterocycles. The molecule has 2 aliphatic carbocycles. The van der Waals surface area contributed by atoms with Crippen molar-refractivity contribution in [1.82, 2.24) is 0 Å². The molecule has 2 nitrogen and oxygen atoms in total. The van der Waals surface area contributed by atoms with E-state index in [0.717, 1.165) is 6.42 Å². The Hall–Kier alpha value is -0.141. The molecule has 0 spiro atoms. The van der Waals surface area contributed by atoms with Crippen LogP contribution in [0.2, 0.25) is 10.1 Å². The third kappa shape index (κ3) is 1.44. The molecule has 0 aromatic carbocycles. The van der Waals surface area contributed by atoms with Crippen molar-refractivity contribution < 1.29 is 9.59 Å². The first kappa shape index (κ1) is 12.3. The first-order valence-electron chi connectivity index (χ1n) is 5.96. The van der Waals surface area contributed by atoms with Crippen LogP contribution in [0.1, 0.15) is 40.5 Å². The fourth-order valence-corrected chi connectivity index (χ4v) is 6.62. The summed E-state index contributed by atoms with van der Waals surface area (Å²) in [5, 5.41) is 0.631. The van der Waals surface area contributed by atoms with Crippen LogP contribution in [0.15, 0.2) is 0 Å². The molecule has 0 amide bonds. The van der Waals surface area contributed by atoms with Gasteiger partial charge in [-0.15, -0.1) is 0 Å². The van der Waals surface area contributed by atoms with Crippen LogP contribution in [0.5, 0.6) is 0 Å². The molecule has 0 aromatic rings. The van der Waals surface area contributed by atoms with Crippen LogP contribution in [0.4, 0.5) is 0 Å². The molecule has 0 N–H and O–H groups in total. The van der Waals surface area contributed by atoms with Gasteiger partial charge in [-0.25, -0.2) is 0 Å². The fourth-order valence-electron chi connectivity index (χ4n) is 3.40. The standard InChI is InChI=1S/C13H20O2Se/c1-8(14)7-16-10-9-5-6-13(4,11(10)15)12(9,2)3/h9-10H,5-7H2,1-4H3/t9-,10+,13+/m1/s1. The van der Waals surface area contributed by atoms with Gasteiger partial charge in [0.25, 0.3) is 0 Å². The van der Waals surface area contributed by atoms with Crippen LogP contribution in [0, 0.1) is 16.7 Å². The van der Waals surface area contributed by atoms with Crippen LogP contribution in [0.3, 0.4) is 0 Å². The zero-order valence-electron chi connectivity index (χ0n) is 10.5. The molecule has 2 bridgehead atoms. The van der Waals surface area contributed by atoms with Gasteiger partial charge in [0.2, 0.25) is 0 Å². The number of hydrogen-bond donors (Lipinski definition) is 0. The first-order valence-corrected chi connectivity index (χ1v) is 8.16. The molecule has 3 heteroatoms. The minimum atomic E-state index is -0.110. The first-order chi connectivity index (χ1) is 7.30. The van der Waals surface area contributed by atoms with Gasteiger partial charge >= 0.3 is 104 Å². The van der Waals surface area contributed by atoms with Gasteiger partial charge in [0.15, 0.2) is 0 Å². The van der Waals surface area contributed by atoms with Crippen LogP contribution in [-0.4, -0.2) is 26.5 Å². The fraction of sp³-hybridized carbons (Fsp3) is 0.846. The number of ketones is 2. The van der Waals surface area contributed by atoms with E-state index < -0.39 is 0 Å². The predicted molar refractivity (Wildman–Crippen MR) is 64.6 cm³/mol. The summed E-state index contributed by atoms with van der Waals surface area (Å²) in [6.07, 6.45) is 2.23. The normalized spacial score (nSPS) is 40.4. The molecule has 0 aliphatic heterocycles. The SMILES string of the molecule is CC(=O)C[Se][C@@H]1C(=O)[C@]2(C)CC[C@H]1C2(C)C. The predicted octanol–water partition coefficient (Wildman–Crippen LogP) is 2.51. The number of Topliss-reactive ketones (excluding diaryl/α,β-unsaturated/α-hetero) is 2. The summed E-state index contributed by atoms with van der Waals surface area (Å²) in [6.45, 7) is 8.25. The molecule has 16 heavy (non-hydrogen) atoms. The van der Waals surface area contributed by atoms with Gasteiger partial charge in [0, 0.05) is 0 Å². The molecule has 2 aliphatic rings. The van der Waals surface area contributed by atoms with Crippen molar-refractivity contribution in [3.63, 3.8) is 0 Å². The van der Waals surface area contributed by atoms with Crippen molar-refractivity contribution in [2.45, 2.75) is 50.7 Å². The van der Waals surface area contributed by atoms with Gasteiger partial charge in [-0.2, -0.15) is 0 Å². The third-order valence-electron chi connectivity index (χ3n) is 4.94. The van der Waals surface area contributed by atoms with E-state index in [1.165, 1.54) is 6.42 Å². The summed E-state index contributed by atoms with van der Waals surface area (Å²) in [7, 11) is 0. The third-order valence-corrected chi connectivity index (χ3v) is 8.03. The van der Waals surface area contributed by atoms with Gasteiger partial charge < -0.3 is 0 Å². The van der Waals surface area contributed by atoms with Crippen molar-refractivity contribution in [2.24, 2.45) is 16.7 Å². The molecule has 0 saturated heterocycles. The summed E-state index contributed by atoms with van der Waals surface area (Å²) in [4.78, 5) is 23.7. The molecule has 0 radical (unpaired) electrons. The molecule has 2 fully saturated rings. The van der Waals surface area contributed by atoms with E-state index in [0.29, 0.717) is 17.0 Å². The summed E-state index contributed by atoms with van der Waals surface area (Å²) in [5.74, 6) is 1.22. The van der Waals surface area contributed by atoms with Gasteiger partial charge in [0.1, 0.15) is 0 Å². The van der Waals surface area contributed by atoms with E-state index in [1.54, 1.807) is 6.92 Å². The zero-order valence-corrected chi connectivity index (χ0v) is 12.2. The van der Waals surface area contributed by atoms with Crippen molar-refractivity contribution in [3.05, 3.63) is 0 Å². The van der Waals surface area contributed by atoms with Gasteiger partial charge in [-0.3, -0.25) is 0 Å². The molecular weight excluding hydrogens is 267 g/mol. The van der Waals surface area contributed by atoms with E-state index in [1.807, 2.05) is 0 Å². The van der Waals surface area contributed by atoms with E-state index in [4.69, 9.17) is 0 Å². The molecule has 90 valence electrons. The van der Waals surface area contributed by atoms with Crippen molar-refractivity contribution >= 4 is 26.5 Å². The topological polar surface area (TPSA) is 34.1 Å². The average molecular weight is 287 g/mol. The summed E-state index contributed by atoms with van der Waals surface area (Å²) < 4.78 is 0. The van der Waals surface area contributed by atoms with E-state index in [-0.39, 0.29) is 36.4 Å². The molecule has 2 rings (SSSR count). The quantitative estimate of drug-likeness (QED) is 0.747. The number of rotatable bonds is 3. The summed E-state index contributed by atoms with van der Waals surface area (Å²) in [6, 6.07) is 0. The van der Waals surface area contributed by atoms with Crippen LogP contribution in [0.25, 0.3) is 0 Å². The summed E-state index contributed by atoms with van der Waals surface area (Å²) in [5.41, 5.74) is 0.0359. The zero-order chi connectivity index (χ0) is 12.1. The van der Waals surface area contributed by atoms with Crippen LogP contribution < -0.4 is 0 Å². The van der Waals surface area contributed by atoms with Gasteiger partial charge in [-0.05, 0) is 0 Å². The molecule has 0 unspecified atom stereocenters. The average Bonchev–Trinajstić information content (AvgIpc) is 2.47. The Morgan fingerprint density at radius 3 is 2.50 bits per heavy atom. The maximum atomic E-state index is 12.4. The van der Waals surface area contributed by atoms with E-state index in [9.17, 15) is 9.59 Å². The Kier molecular flexibility index (Phi) is 2.83. The van der Waals surface area contributed by atoms with E-state index in [2.05, 4.69) is 20.8 Å². The Morgan fingerprint density at radius 2 is 2.06 bits per heavy atom. The number of hydrogen-bond acceptors (Lipinski definition) is 2. The Bertz CT molecular complexity index is 348. The second kappa shape index (κ2) is 3.68. The number of carbonyl (C=O) groups excluding carboxylic acids is 2. The Morgan fingerprint density at radius 1 is 1.44 bits per heavy atom. The van der Waals surface area contributed by atoms with Crippen LogP contribution >= 0.6 is 0 Å². The molecule has 2 saturated carbocycles. The number of fused-ring (bicyclic) bond motifs is 2. The van der Waals surface area contributed by atoms with Gasteiger partial charge in [-0.1, -0.05) is 0 Å². The number of carbonyl (C=O) groups is 2. The second-order valence-corrected chi connectivity index (χ2v) is 8.37. The van der Waals surface area contributed by atoms with Gasteiger partial charge in [0.05, 0.1) is 0 Å². The Balaban J connectivity index is 2.20. The summed E-state index contributed by atoms with van der Waals surface area (Å²) >= 11 is 0.184. The van der Waals surface area contributed by atoms with E-state index >= 15 is 0 Å². The second-order valence-electron chi connectivity index (χ2n) is 6.00. The van der Waals surface area contributed by atoms with Crippen molar-refractivity contribution in [2.75, 3.05) is 0 Å². The monoisotopic (exact) mass is 288 g/mol. The molecule has 0 aromatic heterocycles.